The number of hydrogen-bond donors (Lipinski definition) is 3. The largest absolute Gasteiger partial charge is 0.393 e. The molecule has 2 rings (SSSR count). The highest BCUT2D eigenvalue weighted by Gasteiger charge is 2.36. The average molecular weight is 306 g/mol. The van der Waals surface area contributed by atoms with Crippen molar-refractivity contribution in [3.05, 3.63) is 37.6 Å². The van der Waals surface area contributed by atoms with Crippen LogP contribution in [0.25, 0.3) is 0 Å². The lowest BCUT2D eigenvalue weighted by molar-refractivity contribution is 0.0231. The van der Waals surface area contributed by atoms with Crippen LogP contribution >= 0.6 is 15.9 Å². The van der Waals surface area contributed by atoms with Crippen molar-refractivity contribution < 1.29 is 14.9 Å². The average Bonchev–Trinajstić information content (AvgIpc) is 2.65. The van der Waals surface area contributed by atoms with E-state index in [2.05, 4.69) is 20.9 Å². The van der Waals surface area contributed by atoms with Gasteiger partial charge in [-0.15, -0.1) is 0 Å². The normalized spacial score (nSPS) is 25.4. The molecule has 0 saturated carbocycles. The molecule has 0 unspecified atom stereocenters. The van der Waals surface area contributed by atoms with Crippen LogP contribution in [-0.2, 0) is 4.74 Å². The number of nitrogens with one attached hydrogen (secondary N) is 1. The molecule has 17 heavy (non-hydrogen) atoms. The highest BCUT2D eigenvalue weighted by atomic mass is 79.9. The van der Waals surface area contributed by atoms with Gasteiger partial charge in [-0.05, 0) is 15.9 Å². The van der Waals surface area contributed by atoms with Crippen molar-refractivity contribution >= 4 is 15.9 Å². The molecule has 7 nitrogen and oxygen atoms in total. The number of aliphatic hydroxyl groups excluding tert-OH is 2. The molecule has 1 aromatic rings. The molecular weight excluding hydrogens is 296 g/mol. The van der Waals surface area contributed by atoms with E-state index in [0.29, 0.717) is 0 Å². The molecule has 0 amide bonds. The third kappa shape index (κ3) is 2.34. The van der Waals surface area contributed by atoms with E-state index in [-0.39, 0.29) is 17.0 Å². The molecule has 1 radical (unpaired) electrons. The van der Waals surface area contributed by atoms with Gasteiger partial charge in [0.15, 0.2) is 6.10 Å². The molecule has 0 aromatic carbocycles. The Morgan fingerprint density at radius 2 is 2.29 bits per heavy atom. The fourth-order valence-electron chi connectivity index (χ4n) is 1.61. The Morgan fingerprint density at radius 1 is 1.59 bits per heavy atom. The van der Waals surface area contributed by atoms with Crippen LogP contribution in [0.4, 0.5) is 0 Å². The summed E-state index contributed by atoms with van der Waals surface area (Å²) in [6, 6.07) is 0. The molecule has 1 saturated heterocycles. The van der Waals surface area contributed by atoms with Gasteiger partial charge in [0.25, 0.3) is 5.56 Å². The first-order valence-corrected chi connectivity index (χ1v) is 5.64. The summed E-state index contributed by atoms with van der Waals surface area (Å²) in [6.45, 7) is -0.406. The Morgan fingerprint density at radius 3 is 2.88 bits per heavy atom. The number of aromatic nitrogens is 2. The molecule has 1 aliphatic heterocycles. The summed E-state index contributed by atoms with van der Waals surface area (Å²) in [5.74, 6) is 0. The topological polar surface area (TPSA) is 105 Å². The second-order valence-electron chi connectivity index (χ2n) is 3.59. The molecule has 2 heterocycles. The van der Waals surface area contributed by atoms with Crippen molar-refractivity contribution in [3.8, 4) is 0 Å². The first-order valence-electron chi connectivity index (χ1n) is 4.85. The van der Waals surface area contributed by atoms with Crippen LogP contribution in [0.5, 0.6) is 0 Å². The maximum Gasteiger partial charge on any atom is 0.330 e. The van der Waals surface area contributed by atoms with E-state index in [1.807, 2.05) is 0 Å². The molecule has 0 bridgehead atoms. The van der Waals surface area contributed by atoms with Gasteiger partial charge in [-0.2, -0.15) is 0 Å². The predicted octanol–water partition coefficient (Wildman–Crippen LogP) is -0.897. The maximum absolute atomic E-state index is 11.5. The first-order chi connectivity index (χ1) is 8.02. The van der Waals surface area contributed by atoms with Crippen LogP contribution < -0.4 is 11.2 Å². The van der Waals surface area contributed by atoms with Gasteiger partial charge in [0, 0.05) is 12.6 Å². The van der Waals surface area contributed by atoms with Crippen molar-refractivity contribution in [2.24, 2.45) is 0 Å². The minimum Gasteiger partial charge on any atom is -0.393 e. The van der Waals surface area contributed by atoms with Gasteiger partial charge in [0.05, 0.1) is 17.2 Å². The number of hydrogen-bond acceptors (Lipinski definition) is 5. The van der Waals surface area contributed by atoms with E-state index in [0.717, 1.165) is 4.57 Å². The summed E-state index contributed by atoms with van der Waals surface area (Å²) < 4.78 is 6.56. The summed E-state index contributed by atoms with van der Waals surface area (Å²) in [6.07, 6.45) is -0.0905. The number of nitrogens with zero attached hydrogens (tertiary/aromatic N) is 1. The number of rotatable bonds is 2. The van der Waals surface area contributed by atoms with Crippen LogP contribution in [0, 0.1) is 6.10 Å². The zero-order chi connectivity index (χ0) is 12.6. The van der Waals surface area contributed by atoms with Crippen molar-refractivity contribution in [1.82, 2.24) is 9.55 Å². The van der Waals surface area contributed by atoms with Crippen LogP contribution in [0.3, 0.4) is 0 Å². The second-order valence-corrected chi connectivity index (χ2v) is 4.45. The third-order valence-corrected chi connectivity index (χ3v) is 3.04. The maximum atomic E-state index is 11.5. The van der Waals surface area contributed by atoms with Gasteiger partial charge < -0.3 is 14.9 Å². The van der Waals surface area contributed by atoms with Crippen molar-refractivity contribution in [1.29, 1.82) is 0 Å². The van der Waals surface area contributed by atoms with Crippen molar-refractivity contribution in [2.45, 2.75) is 18.8 Å². The van der Waals surface area contributed by atoms with E-state index >= 15 is 0 Å². The monoisotopic (exact) mass is 305 g/mol. The van der Waals surface area contributed by atoms with Gasteiger partial charge in [0.2, 0.25) is 0 Å². The highest BCUT2D eigenvalue weighted by Crippen LogP contribution is 2.32. The number of ether oxygens (including phenoxy) is 1. The smallest absolute Gasteiger partial charge is 0.330 e. The minimum atomic E-state index is -0.914. The van der Waals surface area contributed by atoms with E-state index in [9.17, 15) is 14.7 Å². The molecule has 3 N–H and O–H groups in total. The fraction of sp³-hybridized carbons (Fsp3) is 0.444. The predicted molar refractivity (Wildman–Crippen MR) is 60.1 cm³/mol. The van der Waals surface area contributed by atoms with Crippen LogP contribution in [0.15, 0.2) is 20.3 Å². The molecule has 0 spiro atoms. The van der Waals surface area contributed by atoms with Crippen LogP contribution in [0.2, 0.25) is 0 Å². The van der Waals surface area contributed by atoms with Gasteiger partial charge in [0.1, 0.15) is 6.23 Å². The van der Waals surface area contributed by atoms with Gasteiger partial charge >= 0.3 is 5.69 Å². The van der Waals surface area contributed by atoms with E-state index in [1.165, 1.54) is 6.20 Å². The Balaban J connectivity index is 2.34. The lowest BCUT2D eigenvalue weighted by atomic mass is 10.2. The van der Waals surface area contributed by atoms with E-state index in [1.54, 1.807) is 0 Å². The zero-order valence-electron chi connectivity index (χ0n) is 8.59. The number of H-pyrrole nitrogens is 1. The number of aromatic amines is 1. The Hall–Kier alpha value is -0.960. The molecule has 2 atom stereocenters. The number of halogens is 1. The Bertz CT molecular complexity index is 525. The van der Waals surface area contributed by atoms with Crippen molar-refractivity contribution in [2.75, 3.05) is 6.61 Å². The van der Waals surface area contributed by atoms with Gasteiger partial charge in [-0.1, -0.05) is 0 Å². The Labute approximate surface area is 104 Å². The van der Waals surface area contributed by atoms with Crippen molar-refractivity contribution in [3.63, 3.8) is 0 Å². The molecule has 8 heteroatoms. The van der Waals surface area contributed by atoms with E-state index < -0.39 is 30.2 Å². The van der Waals surface area contributed by atoms with Gasteiger partial charge in [-0.25, -0.2) is 4.79 Å². The summed E-state index contributed by atoms with van der Waals surface area (Å²) in [4.78, 5) is 24.8. The molecule has 1 fully saturated rings. The summed E-state index contributed by atoms with van der Waals surface area (Å²) >= 11 is 3.00. The van der Waals surface area contributed by atoms with E-state index in [4.69, 9.17) is 9.84 Å². The van der Waals surface area contributed by atoms with Crippen LogP contribution in [0.1, 0.15) is 12.6 Å². The second kappa shape index (κ2) is 4.73. The molecule has 0 aliphatic carbocycles. The Kier molecular flexibility index (Phi) is 3.48. The fourth-order valence-corrected chi connectivity index (χ4v) is 1.93. The SMILES string of the molecule is O=c1[nH]c(=O)n([C@H]2C[C@H](O)[C](CO)O2)cc1Br. The lowest BCUT2D eigenvalue weighted by Gasteiger charge is -2.13. The molecular formula is C9H10BrN2O5. The summed E-state index contributed by atoms with van der Waals surface area (Å²) in [5, 5.41) is 18.4. The summed E-state index contributed by atoms with van der Waals surface area (Å²) in [5.41, 5.74) is -1.16. The quantitative estimate of drug-likeness (QED) is 0.657. The minimum absolute atomic E-state index is 0.115. The standard InChI is InChI=1S/C9H10BrN2O5/c10-4-2-12(9(16)11-8(4)15)7-1-5(14)6(3-13)17-7/h2,5,7,13-14H,1,3H2,(H,11,15,16)/t5-,7+/m0/s1. The molecule has 93 valence electrons. The first kappa shape index (κ1) is 12.5. The molecule has 1 aromatic heterocycles. The lowest BCUT2D eigenvalue weighted by Crippen LogP contribution is -2.32. The number of aliphatic hydroxyl groups is 2. The van der Waals surface area contributed by atoms with Crippen LogP contribution in [-0.4, -0.2) is 32.5 Å². The highest BCUT2D eigenvalue weighted by molar-refractivity contribution is 9.10. The van der Waals surface area contributed by atoms with Gasteiger partial charge in [-0.3, -0.25) is 14.3 Å². The zero-order valence-corrected chi connectivity index (χ0v) is 10.2. The third-order valence-electron chi connectivity index (χ3n) is 2.47. The summed E-state index contributed by atoms with van der Waals surface area (Å²) in [7, 11) is 0. The molecule has 1 aliphatic rings.